The Labute approximate surface area is 135 Å². The summed E-state index contributed by atoms with van der Waals surface area (Å²) in [6.45, 7) is 4.63. The van der Waals surface area contributed by atoms with Crippen molar-refractivity contribution in [2.24, 2.45) is 0 Å². The summed E-state index contributed by atoms with van der Waals surface area (Å²) < 4.78 is 39.4. The van der Waals surface area contributed by atoms with Crippen LogP contribution in [-0.4, -0.2) is 20.7 Å². The summed E-state index contributed by atoms with van der Waals surface area (Å²) >= 11 is 5.68. The van der Waals surface area contributed by atoms with Crippen molar-refractivity contribution in [2.75, 3.05) is 5.32 Å². The molecule has 0 aromatic carbocycles. The molecular weight excluding hydrogens is 333 g/mol. The van der Waals surface area contributed by atoms with Gasteiger partial charge in [0.1, 0.15) is 11.9 Å². The lowest BCUT2D eigenvalue weighted by Crippen LogP contribution is -2.26. The molecule has 1 amide bonds. The van der Waals surface area contributed by atoms with E-state index >= 15 is 0 Å². The number of nitrogens with zero attached hydrogens (tertiary/aromatic N) is 3. The van der Waals surface area contributed by atoms with Crippen LogP contribution in [0.15, 0.2) is 18.3 Å². The maximum atomic E-state index is 12.8. The van der Waals surface area contributed by atoms with Crippen LogP contribution in [-0.2, 0) is 11.0 Å². The summed E-state index contributed by atoms with van der Waals surface area (Å²) in [5, 5.41) is 5.47. The Morgan fingerprint density at radius 3 is 2.57 bits per heavy atom. The topological polar surface area (TPSA) is 59.8 Å². The molecule has 2 heterocycles. The number of carbonyl (C=O) groups is 1. The normalized spacial score (nSPS) is 13.0. The number of amides is 1. The number of anilines is 1. The van der Waals surface area contributed by atoms with E-state index in [1.54, 1.807) is 12.1 Å². The summed E-state index contributed by atoms with van der Waals surface area (Å²) in [5.74, 6) is -0.229. The summed E-state index contributed by atoms with van der Waals surface area (Å²) in [6.07, 6.45) is -3.16. The first-order chi connectivity index (χ1) is 10.6. The first-order valence-electron chi connectivity index (χ1n) is 6.66. The fourth-order valence-electron chi connectivity index (χ4n) is 2.00. The minimum Gasteiger partial charge on any atom is -0.309 e. The zero-order valence-corrected chi connectivity index (χ0v) is 13.3. The van der Waals surface area contributed by atoms with Gasteiger partial charge in [0.15, 0.2) is 5.69 Å². The van der Waals surface area contributed by atoms with Gasteiger partial charge in [0.25, 0.3) is 0 Å². The Morgan fingerprint density at radius 2 is 2.04 bits per heavy atom. The molecule has 0 saturated carbocycles. The highest BCUT2D eigenvalue weighted by molar-refractivity contribution is 6.32. The number of hydrogen-bond donors (Lipinski definition) is 1. The van der Waals surface area contributed by atoms with Crippen LogP contribution in [0.5, 0.6) is 0 Å². The highest BCUT2D eigenvalue weighted by Gasteiger charge is 2.39. The van der Waals surface area contributed by atoms with Gasteiger partial charge in [0.2, 0.25) is 5.91 Å². The molecule has 0 saturated heterocycles. The van der Waals surface area contributed by atoms with E-state index in [-0.39, 0.29) is 5.69 Å². The van der Waals surface area contributed by atoms with Crippen LogP contribution in [0.2, 0.25) is 5.02 Å². The fraction of sp³-hybridized carbons (Fsp3) is 0.357. The monoisotopic (exact) mass is 346 g/mol. The minimum atomic E-state index is -4.68. The zero-order chi connectivity index (χ0) is 17.4. The molecule has 1 atom stereocenters. The number of aromatic nitrogens is 3. The average Bonchev–Trinajstić information content (AvgIpc) is 2.74. The van der Waals surface area contributed by atoms with Crippen LogP contribution >= 0.6 is 11.6 Å². The van der Waals surface area contributed by atoms with Crippen molar-refractivity contribution in [3.63, 3.8) is 0 Å². The van der Waals surface area contributed by atoms with E-state index in [1.807, 2.05) is 6.92 Å². The van der Waals surface area contributed by atoms with Crippen LogP contribution in [0, 0.1) is 13.8 Å². The van der Waals surface area contributed by atoms with E-state index in [9.17, 15) is 18.0 Å². The Hall–Kier alpha value is -2.09. The van der Waals surface area contributed by atoms with Gasteiger partial charge in [-0.1, -0.05) is 11.6 Å². The molecule has 0 radical (unpaired) electrons. The molecule has 0 fully saturated rings. The first-order valence-corrected chi connectivity index (χ1v) is 7.04. The number of alkyl halides is 3. The molecule has 0 spiro atoms. The summed E-state index contributed by atoms with van der Waals surface area (Å²) in [4.78, 5) is 16.2. The number of nitrogens with one attached hydrogen (secondary N) is 1. The molecule has 2 aromatic rings. The van der Waals surface area contributed by atoms with Crippen LogP contribution in [0.1, 0.15) is 29.9 Å². The third-order valence-corrected chi connectivity index (χ3v) is 3.71. The van der Waals surface area contributed by atoms with Gasteiger partial charge in [-0.05, 0) is 38.5 Å². The molecule has 2 aromatic heterocycles. The number of carbonyl (C=O) groups excluding carboxylic acids is 1. The largest absolute Gasteiger partial charge is 0.436 e. The zero-order valence-electron chi connectivity index (χ0n) is 12.6. The van der Waals surface area contributed by atoms with Crippen LogP contribution in [0.3, 0.4) is 0 Å². The average molecular weight is 347 g/mol. The van der Waals surface area contributed by atoms with E-state index in [0.29, 0.717) is 5.82 Å². The van der Waals surface area contributed by atoms with Crippen LogP contribution in [0.25, 0.3) is 0 Å². The van der Waals surface area contributed by atoms with Gasteiger partial charge in [-0.25, -0.2) is 4.98 Å². The quantitative estimate of drug-likeness (QED) is 0.920. The lowest BCUT2D eigenvalue weighted by Gasteiger charge is -2.14. The first kappa shape index (κ1) is 17.3. The van der Waals surface area contributed by atoms with E-state index in [4.69, 9.17) is 11.6 Å². The van der Waals surface area contributed by atoms with Crippen LogP contribution in [0.4, 0.5) is 19.0 Å². The smallest absolute Gasteiger partial charge is 0.309 e. The molecule has 0 bridgehead atoms. The predicted octanol–water partition coefficient (Wildman–Crippen LogP) is 3.77. The number of rotatable bonds is 3. The summed E-state index contributed by atoms with van der Waals surface area (Å²) in [5.41, 5.74) is -0.246. The van der Waals surface area contributed by atoms with Gasteiger partial charge in [0.05, 0.1) is 10.7 Å². The van der Waals surface area contributed by atoms with E-state index in [0.717, 1.165) is 10.2 Å². The third kappa shape index (κ3) is 3.64. The number of halogens is 4. The molecule has 124 valence electrons. The molecule has 2 rings (SSSR count). The van der Waals surface area contributed by atoms with E-state index in [2.05, 4.69) is 15.4 Å². The molecular formula is C14H14ClF3N4O. The number of aryl methyl sites for hydroxylation is 1. The van der Waals surface area contributed by atoms with Gasteiger partial charge in [-0.3, -0.25) is 9.48 Å². The Bertz CT molecular complexity index is 742. The highest BCUT2D eigenvalue weighted by Crippen LogP contribution is 2.36. The third-order valence-electron chi connectivity index (χ3n) is 3.26. The van der Waals surface area contributed by atoms with Crippen LogP contribution < -0.4 is 5.32 Å². The molecule has 0 aliphatic heterocycles. The van der Waals surface area contributed by atoms with Gasteiger partial charge in [-0.15, -0.1) is 0 Å². The summed E-state index contributed by atoms with van der Waals surface area (Å²) in [7, 11) is 0. The van der Waals surface area contributed by atoms with Crippen molar-refractivity contribution in [1.29, 1.82) is 0 Å². The molecule has 1 N–H and O–H groups in total. The molecule has 1 unspecified atom stereocenters. The van der Waals surface area contributed by atoms with Gasteiger partial charge < -0.3 is 5.32 Å². The van der Waals surface area contributed by atoms with Crippen molar-refractivity contribution in [1.82, 2.24) is 14.8 Å². The maximum Gasteiger partial charge on any atom is 0.436 e. The molecule has 0 aliphatic rings. The second kappa shape index (κ2) is 6.19. The van der Waals surface area contributed by atoms with Gasteiger partial charge in [-0.2, -0.15) is 18.3 Å². The number of pyridine rings is 1. The van der Waals surface area contributed by atoms with Crippen molar-refractivity contribution in [3.8, 4) is 0 Å². The van der Waals surface area contributed by atoms with Crippen molar-refractivity contribution >= 4 is 23.3 Å². The lowest BCUT2D eigenvalue weighted by atomic mass is 10.2. The van der Waals surface area contributed by atoms with Crippen molar-refractivity contribution < 1.29 is 18.0 Å². The van der Waals surface area contributed by atoms with Crippen molar-refractivity contribution in [3.05, 3.63) is 40.3 Å². The van der Waals surface area contributed by atoms with Crippen molar-refractivity contribution in [2.45, 2.75) is 33.0 Å². The lowest BCUT2D eigenvalue weighted by molar-refractivity contribution is -0.141. The SMILES string of the molecule is Cc1ccnc(NC(=O)C(C)n2nc(C(F)(F)F)c(Cl)c2C)c1. The Morgan fingerprint density at radius 1 is 1.39 bits per heavy atom. The van der Waals surface area contributed by atoms with E-state index < -0.39 is 28.8 Å². The Balaban J connectivity index is 2.26. The molecule has 9 heteroatoms. The van der Waals surface area contributed by atoms with Gasteiger partial charge in [0, 0.05) is 6.20 Å². The predicted molar refractivity (Wildman–Crippen MR) is 79.3 cm³/mol. The molecule has 23 heavy (non-hydrogen) atoms. The summed E-state index contributed by atoms with van der Waals surface area (Å²) in [6, 6.07) is 2.42. The van der Waals surface area contributed by atoms with E-state index in [1.165, 1.54) is 20.0 Å². The van der Waals surface area contributed by atoms with Gasteiger partial charge >= 0.3 is 6.18 Å². The minimum absolute atomic E-state index is 0.0684. The maximum absolute atomic E-state index is 12.8. The molecule has 0 aliphatic carbocycles. The molecule has 5 nitrogen and oxygen atoms in total. The Kier molecular flexibility index (Phi) is 4.65. The highest BCUT2D eigenvalue weighted by atomic mass is 35.5. The second-order valence-corrected chi connectivity index (χ2v) is 5.45. The fourth-order valence-corrected chi connectivity index (χ4v) is 2.23. The second-order valence-electron chi connectivity index (χ2n) is 5.07. The number of hydrogen-bond acceptors (Lipinski definition) is 3. The standard InChI is InChI=1S/C14H14ClF3N4O/c1-7-4-5-19-10(6-7)20-13(23)9(3)22-8(2)11(15)12(21-22)14(16,17)18/h4-6,9H,1-3H3,(H,19,20,23).